The van der Waals surface area contributed by atoms with Crippen LogP contribution in [0.3, 0.4) is 0 Å². The highest BCUT2D eigenvalue weighted by Gasteiger charge is 2.18. The summed E-state index contributed by atoms with van der Waals surface area (Å²) >= 11 is 0. The normalized spacial score (nSPS) is 22.3. The second-order valence-electron chi connectivity index (χ2n) is 9.35. The zero-order valence-electron chi connectivity index (χ0n) is 19.6. The van der Waals surface area contributed by atoms with Gasteiger partial charge in [0.15, 0.2) is 0 Å². The van der Waals surface area contributed by atoms with Crippen LogP contribution < -0.4 is 0 Å². The molecule has 0 radical (unpaired) electrons. The van der Waals surface area contributed by atoms with E-state index in [4.69, 9.17) is 0 Å². The van der Waals surface area contributed by atoms with Gasteiger partial charge in [-0.05, 0) is 80.7 Å². The van der Waals surface area contributed by atoms with Gasteiger partial charge in [0.1, 0.15) is 0 Å². The van der Waals surface area contributed by atoms with Crippen molar-refractivity contribution in [2.45, 2.75) is 33.2 Å². The Morgan fingerprint density at radius 1 is 1.16 bits per heavy atom. The van der Waals surface area contributed by atoms with Gasteiger partial charge in [0, 0.05) is 32.7 Å². The minimum atomic E-state index is 0.764. The van der Waals surface area contributed by atoms with E-state index in [0.717, 1.165) is 55.3 Å². The summed E-state index contributed by atoms with van der Waals surface area (Å²) < 4.78 is 0. The Bertz CT molecular complexity index is 860. The summed E-state index contributed by atoms with van der Waals surface area (Å²) in [6.45, 7) is 17.1. The molecule has 1 atom stereocenters. The van der Waals surface area contributed by atoms with Crippen molar-refractivity contribution in [1.82, 2.24) is 14.7 Å². The Morgan fingerprint density at radius 2 is 2.00 bits per heavy atom. The van der Waals surface area contributed by atoms with Gasteiger partial charge in [-0.2, -0.15) is 5.26 Å². The molecule has 2 aliphatic rings. The summed E-state index contributed by atoms with van der Waals surface area (Å²) in [6, 6.07) is 8.80. The Hall–Kier alpha value is -2.19. The lowest BCUT2D eigenvalue weighted by molar-refractivity contribution is 0.269. The van der Waals surface area contributed by atoms with Gasteiger partial charge in [0.2, 0.25) is 0 Å². The smallest absolute Gasteiger partial charge is 0.0998 e. The first-order chi connectivity index (χ1) is 15.0. The third-order valence-corrected chi connectivity index (χ3v) is 6.57. The van der Waals surface area contributed by atoms with Crippen LogP contribution in [0.5, 0.6) is 0 Å². The molecule has 2 aliphatic heterocycles. The van der Waals surface area contributed by atoms with Gasteiger partial charge in [0.05, 0.1) is 11.6 Å². The van der Waals surface area contributed by atoms with Crippen molar-refractivity contribution in [3.05, 3.63) is 65.3 Å². The lowest BCUT2D eigenvalue weighted by Crippen LogP contribution is -2.28. The molecule has 0 bridgehead atoms. The third-order valence-electron chi connectivity index (χ3n) is 6.57. The fourth-order valence-electron chi connectivity index (χ4n) is 4.58. The lowest BCUT2D eigenvalue weighted by Gasteiger charge is -2.20. The van der Waals surface area contributed by atoms with Gasteiger partial charge in [-0.25, -0.2) is 0 Å². The molecule has 0 amide bonds. The summed E-state index contributed by atoms with van der Waals surface area (Å²) in [6.07, 6.45) is 8.74. The maximum Gasteiger partial charge on any atom is 0.0998 e. The average Bonchev–Trinajstić information content (AvgIpc) is 3.07. The number of allylic oxidation sites excluding steroid dienone is 3. The highest BCUT2D eigenvalue weighted by atomic mass is 15.2. The number of nitriles is 1. The number of likely N-dealkylation sites (tertiary alicyclic amines) is 1. The first-order valence-corrected chi connectivity index (χ1v) is 11.6. The number of likely N-dealkylation sites (N-methyl/N-ethyl adjacent to an activating group) is 1. The molecule has 1 aromatic rings. The largest absolute Gasteiger partial charge is 0.305 e. The zero-order chi connectivity index (χ0) is 22.2. The molecule has 0 N–H and O–H groups in total. The van der Waals surface area contributed by atoms with Gasteiger partial charge >= 0.3 is 0 Å². The molecule has 2 heterocycles. The van der Waals surface area contributed by atoms with E-state index in [-0.39, 0.29) is 0 Å². The second-order valence-corrected chi connectivity index (χ2v) is 9.35. The summed E-state index contributed by atoms with van der Waals surface area (Å²) in [5.74, 6) is 0.787. The highest BCUT2D eigenvalue weighted by Crippen LogP contribution is 2.22. The number of hydrogen-bond acceptors (Lipinski definition) is 4. The second kappa shape index (κ2) is 11.4. The van der Waals surface area contributed by atoms with Crippen LogP contribution in [0.25, 0.3) is 5.57 Å². The van der Waals surface area contributed by atoms with Crippen LogP contribution in [0.2, 0.25) is 0 Å². The van der Waals surface area contributed by atoms with Crippen LogP contribution in [-0.4, -0.2) is 67.6 Å². The molecule has 2 saturated heterocycles. The predicted molar refractivity (Wildman–Crippen MR) is 131 cm³/mol. The quantitative estimate of drug-likeness (QED) is 0.608. The minimum absolute atomic E-state index is 0.764. The van der Waals surface area contributed by atoms with Gasteiger partial charge in [0.25, 0.3) is 0 Å². The molecule has 4 nitrogen and oxygen atoms in total. The molecule has 0 saturated carbocycles. The Balaban J connectivity index is 1.69. The average molecular weight is 419 g/mol. The predicted octanol–water partition coefficient (Wildman–Crippen LogP) is 4.55. The van der Waals surface area contributed by atoms with E-state index in [2.05, 4.69) is 78.6 Å². The number of hydrogen-bond donors (Lipinski definition) is 0. The topological polar surface area (TPSA) is 33.5 Å². The maximum atomic E-state index is 9.78. The maximum absolute atomic E-state index is 9.78. The fraction of sp³-hybridized carbons (Fsp3) is 0.519. The summed E-state index contributed by atoms with van der Waals surface area (Å²) in [7, 11) is 2.19. The lowest BCUT2D eigenvalue weighted by atomic mass is 9.98. The van der Waals surface area contributed by atoms with Crippen molar-refractivity contribution in [3.63, 3.8) is 0 Å². The van der Waals surface area contributed by atoms with E-state index in [1.165, 1.54) is 43.6 Å². The van der Waals surface area contributed by atoms with Crippen molar-refractivity contribution in [1.29, 1.82) is 5.26 Å². The van der Waals surface area contributed by atoms with Crippen molar-refractivity contribution >= 4 is 5.57 Å². The van der Waals surface area contributed by atoms with Crippen molar-refractivity contribution in [2.75, 3.05) is 52.9 Å². The van der Waals surface area contributed by atoms with Gasteiger partial charge in [-0.1, -0.05) is 43.9 Å². The van der Waals surface area contributed by atoms with E-state index in [1.807, 2.05) is 6.08 Å². The molecule has 31 heavy (non-hydrogen) atoms. The molecule has 1 unspecified atom stereocenters. The molecular weight excluding hydrogens is 380 g/mol. The summed E-state index contributed by atoms with van der Waals surface area (Å²) in [5, 5.41) is 9.78. The van der Waals surface area contributed by atoms with Gasteiger partial charge in [-0.3, -0.25) is 9.80 Å². The monoisotopic (exact) mass is 418 g/mol. The van der Waals surface area contributed by atoms with Crippen LogP contribution in [0, 0.1) is 17.2 Å². The third kappa shape index (κ3) is 6.90. The van der Waals surface area contributed by atoms with Crippen LogP contribution >= 0.6 is 0 Å². The Kier molecular flexibility index (Phi) is 8.66. The molecule has 0 spiro atoms. The molecule has 1 aromatic carbocycles. The van der Waals surface area contributed by atoms with Crippen LogP contribution in [0.1, 0.15) is 43.4 Å². The van der Waals surface area contributed by atoms with E-state index < -0.39 is 0 Å². The highest BCUT2D eigenvalue weighted by molar-refractivity contribution is 5.70. The van der Waals surface area contributed by atoms with Crippen molar-refractivity contribution in [3.8, 4) is 6.07 Å². The Labute approximate surface area is 189 Å². The standard InChI is InChI=1S/C27H38N4/c1-5-24(20-31-14-11-22(2)19-31)8-7-23(3)27-10-9-25(17-26(27)18-28)21-30-13-6-12-29(4)15-16-30/h5,7-10,17,22H,1,6,11-16,19-21H2,2-4H3/b23-7+,24-8+. The Morgan fingerprint density at radius 3 is 2.71 bits per heavy atom. The number of nitrogens with zero attached hydrogens (tertiary/aromatic N) is 4. The van der Waals surface area contributed by atoms with Crippen molar-refractivity contribution < 1.29 is 0 Å². The van der Waals surface area contributed by atoms with E-state index in [9.17, 15) is 5.26 Å². The molecular formula is C27H38N4. The summed E-state index contributed by atoms with van der Waals surface area (Å²) in [4.78, 5) is 7.39. The number of rotatable bonds is 7. The molecule has 166 valence electrons. The minimum Gasteiger partial charge on any atom is -0.305 e. The van der Waals surface area contributed by atoms with E-state index in [0.29, 0.717) is 0 Å². The SMILES string of the molecule is C=C/C(=C\C=C(/C)c1ccc(CN2CCCN(C)CC2)cc1C#N)CN1CCC(C)C1. The first kappa shape index (κ1) is 23.5. The van der Waals surface area contributed by atoms with E-state index in [1.54, 1.807) is 0 Å². The molecule has 3 rings (SSSR count). The molecule has 0 aliphatic carbocycles. The van der Waals surface area contributed by atoms with Crippen LogP contribution in [0.4, 0.5) is 0 Å². The molecule has 0 aromatic heterocycles. The van der Waals surface area contributed by atoms with Gasteiger partial charge < -0.3 is 4.90 Å². The van der Waals surface area contributed by atoms with Crippen LogP contribution in [0.15, 0.2) is 48.6 Å². The van der Waals surface area contributed by atoms with Crippen LogP contribution in [-0.2, 0) is 6.54 Å². The molecule has 2 fully saturated rings. The van der Waals surface area contributed by atoms with E-state index >= 15 is 0 Å². The first-order valence-electron chi connectivity index (χ1n) is 11.6. The van der Waals surface area contributed by atoms with Gasteiger partial charge in [-0.15, -0.1) is 0 Å². The fourth-order valence-corrected chi connectivity index (χ4v) is 4.58. The zero-order valence-corrected chi connectivity index (χ0v) is 19.6. The molecule has 4 heteroatoms. The van der Waals surface area contributed by atoms with Crippen molar-refractivity contribution in [2.24, 2.45) is 5.92 Å². The number of benzene rings is 1. The summed E-state index contributed by atoms with van der Waals surface area (Å²) in [5.41, 5.74) is 5.36.